The third kappa shape index (κ3) is 2.40. The molecule has 2 aliphatic rings. The van der Waals surface area contributed by atoms with E-state index in [0.717, 1.165) is 18.4 Å². The molecule has 2 saturated heterocycles. The molecule has 0 spiro atoms. The topological polar surface area (TPSA) is 40.5 Å². The summed E-state index contributed by atoms with van der Waals surface area (Å²) in [5.74, 6) is -0.172. The van der Waals surface area contributed by atoms with Crippen LogP contribution in [0.2, 0.25) is 0 Å². The van der Waals surface area contributed by atoms with Crippen molar-refractivity contribution in [3.63, 3.8) is 0 Å². The molecule has 0 aromatic heterocycles. The van der Waals surface area contributed by atoms with Gasteiger partial charge in [-0.3, -0.25) is 9.69 Å². The number of likely N-dealkylation sites (N-methyl/N-ethyl adjacent to an activating group) is 1. The Bertz CT molecular complexity index is 530. The zero-order valence-electron chi connectivity index (χ0n) is 12.5. The average Bonchev–Trinajstić information content (AvgIpc) is 2.66. The largest absolute Gasteiger partial charge is 0.391 e. The summed E-state index contributed by atoms with van der Waals surface area (Å²) in [4.78, 5) is 14.7. The average molecular weight is 291 g/mol. The molecule has 2 unspecified atom stereocenters. The predicted molar refractivity (Wildman–Crippen MR) is 78.5 cm³/mol. The number of carbonyl (C=O) groups excluding carboxylic acids is 1. The number of nitrogens with zero attached hydrogens (tertiary/aromatic N) is 1. The Labute approximate surface area is 124 Å². The Balaban J connectivity index is 1.98. The molecule has 3 nitrogen and oxygen atoms in total. The lowest BCUT2D eigenvalue weighted by Crippen LogP contribution is -2.51. The number of rotatable bonds is 3. The lowest BCUT2D eigenvalue weighted by Gasteiger charge is -2.42. The van der Waals surface area contributed by atoms with E-state index in [1.807, 2.05) is 14.0 Å². The molecule has 2 bridgehead atoms. The summed E-state index contributed by atoms with van der Waals surface area (Å²) >= 11 is 0. The molecule has 0 radical (unpaired) electrons. The highest BCUT2D eigenvalue weighted by Gasteiger charge is 2.52. The fourth-order valence-electron chi connectivity index (χ4n) is 4.24. The van der Waals surface area contributed by atoms with Crippen molar-refractivity contribution in [1.82, 2.24) is 4.90 Å². The first-order valence-electron chi connectivity index (χ1n) is 7.71. The summed E-state index contributed by atoms with van der Waals surface area (Å²) in [7, 11) is 2.00. The van der Waals surface area contributed by atoms with Crippen LogP contribution in [-0.4, -0.2) is 41.0 Å². The normalized spacial score (nSPS) is 35.9. The number of piperidine rings is 1. The van der Waals surface area contributed by atoms with Gasteiger partial charge in [-0.05, 0) is 43.5 Å². The van der Waals surface area contributed by atoms with Crippen LogP contribution in [0.15, 0.2) is 24.3 Å². The van der Waals surface area contributed by atoms with Crippen molar-refractivity contribution in [3.05, 3.63) is 35.6 Å². The van der Waals surface area contributed by atoms with Crippen LogP contribution in [0.25, 0.3) is 0 Å². The van der Waals surface area contributed by atoms with E-state index in [2.05, 4.69) is 4.90 Å². The number of hydrogen-bond donors (Lipinski definition) is 1. The van der Waals surface area contributed by atoms with Crippen molar-refractivity contribution >= 4 is 5.78 Å². The van der Waals surface area contributed by atoms with Gasteiger partial charge in [0.05, 0.1) is 6.10 Å². The van der Waals surface area contributed by atoms with Crippen LogP contribution < -0.4 is 0 Å². The van der Waals surface area contributed by atoms with Crippen LogP contribution in [0.3, 0.4) is 0 Å². The predicted octanol–water partition coefficient (Wildman–Crippen LogP) is 2.34. The van der Waals surface area contributed by atoms with Crippen LogP contribution in [0.5, 0.6) is 0 Å². The van der Waals surface area contributed by atoms with Gasteiger partial charge in [-0.1, -0.05) is 19.1 Å². The minimum absolute atomic E-state index is 0.0846. The van der Waals surface area contributed by atoms with Crippen LogP contribution >= 0.6 is 0 Å². The van der Waals surface area contributed by atoms with E-state index in [1.54, 1.807) is 12.1 Å². The van der Waals surface area contributed by atoms with Gasteiger partial charge >= 0.3 is 0 Å². The number of fused-ring (bicyclic) bond motifs is 2. The summed E-state index contributed by atoms with van der Waals surface area (Å²) < 4.78 is 13.2. The molecule has 0 amide bonds. The molecular weight excluding hydrogens is 269 g/mol. The number of Topliss-reactive ketones (excluding diaryl/α,β-unsaturated/α-hetero) is 1. The highest BCUT2D eigenvalue weighted by molar-refractivity contribution is 5.83. The first-order chi connectivity index (χ1) is 10.0. The van der Waals surface area contributed by atoms with Gasteiger partial charge in [0.1, 0.15) is 11.6 Å². The Morgan fingerprint density at radius 2 is 2.00 bits per heavy atom. The molecule has 2 aliphatic heterocycles. The molecule has 21 heavy (non-hydrogen) atoms. The van der Waals surface area contributed by atoms with Crippen molar-refractivity contribution in [2.45, 2.75) is 50.3 Å². The summed E-state index contributed by atoms with van der Waals surface area (Å²) in [5, 5.41) is 10.3. The Kier molecular flexibility index (Phi) is 3.84. The molecule has 114 valence electrons. The maximum Gasteiger partial charge on any atom is 0.137 e. The molecule has 0 saturated carbocycles. The van der Waals surface area contributed by atoms with E-state index in [1.165, 1.54) is 12.1 Å². The summed E-state index contributed by atoms with van der Waals surface area (Å²) in [6.45, 7) is 1.87. The Morgan fingerprint density at radius 3 is 2.62 bits per heavy atom. The van der Waals surface area contributed by atoms with Crippen molar-refractivity contribution in [1.29, 1.82) is 0 Å². The first kappa shape index (κ1) is 14.7. The van der Waals surface area contributed by atoms with Gasteiger partial charge in [0.15, 0.2) is 0 Å². The lowest BCUT2D eigenvalue weighted by molar-refractivity contribution is -0.128. The van der Waals surface area contributed by atoms with Gasteiger partial charge in [0, 0.05) is 24.4 Å². The number of aliphatic hydroxyl groups is 1. The number of ketones is 1. The van der Waals surface area contributed by atoms with Crippen LogP contribution in [0.1, 0.15) is 37.7 Å². The van der Waals surface area contributed by atoms with Crippen molar-refractivity contribution in [2.75, 3.05) is 7.05 Å². The van der Waals surface area contributed by atoms with Crippen molar-refractivity contribution in [2.24, 2.45) is 5.92 Å². The highest BCUT2D eigenvalue weighted by Crippen LogP contribution is 2.46. The fraction of sp³-hybridized carbons (Fsp3) is 0.588. The molecule has 5 atom stereocenters. The summed E-state index contributed by atoms with van der Waals surface area (Å²) in [6.07, 6.45) is 1.62. The molecule has 4 heteroatoms. The van der Waals surface area contributed by atoms with E-state index < -0.39 is 6.10 Å². The molecular formula is C17H22FNO2. The standard InChI is InChI=1S/C17H22FNO2/c1-3-14(20)16-13(10-4-6-11(18)7-5-10)8-12-9-15(21)17(16)19(12)2/h4-7,12-13,15-17,21H,3,8-9H2,1-2H3/t12?,13-,15?,16-,17-/m1/s1. The Hall–Kier alpha value is -1.26. The van der Waals surface area contributed by atoms with Gasteiger partial charge in [-0.2, -0.15) is 0 Å². The minimum atomic E-state index is -0.439. The van der Waals surface area contributed by atoms with Gasteiger partial charge in [0.2, 0.25) is 0 Å². The highest BCUT2D eigenvalue weighted by atomic mass is 19.1. The zero-order chi connectivity index (χ0) is 15.1. The van der Waals surface area contributed by atoms with Crippen LogP contribution in [0, 0.1) is 11.7 Å². The van der Waals surface area contributed by atoms with E-state index in [0.29, 0.717) is 12.5 Å². The molecule has 2 fully saturated rings. The monoisotopic (exact) mass is 291 g/mol. The number of halogens is 1. The molecule has 1 aromatic carbocycles. The molecule has 1 N–H and O–H groups in total. The maximum atomic E-state index is 13.2. The van der Waals surface area contributed by atoms with Gasteiger partial charge in [-0.25, -0.2) is 4.39 Å². The van der Waals surface area contributed by atoms with E-state index in [-0.39, 0.29) is 29.5 Å². The second-order valence-corrected chi connectivity index (χ2v) is 6.35. The second kappa shape index (κ2) is 5.50. The summed E-state index contributed by atoms with van der Waals surface area (Å²) in [5.41, 5.74) is 1.01. The SMILES string of the molecule is CCC(=O)[C@H]1[C@@H](c2ccc(F)cc2)CC2CC(O)[C@H]1N2C. The van der Waals surface area contributed by atoms with E-state index in [4.69, 9.17) is 0 Å². The molecule has 3 rings (SSSR count). The van der Waals surface area contributed by atoms with Gasteiger partial charge < -0.3 is 5.11 Å². The van der Waals surface area contributed by atoms with E-state index in [9.17, 15) is 14.3 Å². The van der Waals surface area contributed by atoms with Crippen LogP contribution in [0.4, 0.5) is 4.39 Å². The number of benzene rings is 1. The zero-order valence-corrected chi connectivity index (χ0v) is 12.5. The molecule has 2 heterocycles. The lowest BCUT2D eigenvalue weighted by atomic mass is 9.73. The van der Waals surface area contributed by atoms with Crippen LogP contribution in [-0.2, 0) is 4.79 Å². The maximum absolute atomic E-state index is 13.2. The first-order valence-corrected chi connectivity index (χ1v) is 7.71. The van der Waals surface area contributed by atoms with Gasteiger partial charge in [0.25, 0.3) is 0 Å². The third-order valence-corrected chi connectivity index (χ3v) is 5.30. The number of hydrogen-bond acceptors (Lipinski definition) is 3. The quantitative estimate of drug-likeness (QED) is 0.929. The number of carbonyl (C=O) groups is 1. The van der Waals surface area contributed by atoms with Crippen molar-refractivity contribution in [3.8, 4) is 0 Å². The number of aliphatic hydroxyl groups excluding tert-OH is 1. The Morgan fingerprint density at radius 1 is 1.33 bits per heavy atom. The third-order valence-electron chi connectivity index (χ3n) is 5.30. The fourth-order valence-corrected chi connectivity index (χ4v) is 4.24. The van der Waals surface area contributed by atoms with Crippen molar-refractivity contribution < 1.29 is 14.3 Å². The summed E-state index contributed by atoms with van der Waals surface area (Å²) in [6, 6.07) is 6.69. The smallest absolute Gasteiger partial charge is 0.137 e. The van der Waals surface area contributed by atoms with E-state index >= 15 is 0 Å². The second-order valence-electron chi connectivity index (χ2n) is 6.35. The molecule has 0 aliphatic carbocycles. The molecule has 1 aromatic rings. The van der Waals surface area contributed by atoms with Gasteiger partial charge in [-0.15, -0.1) is 0 Å². The minimum Gasteiger partial charge on any atom is -0.391 e.